The molecule has 1 saturated heterocycles. The largest absolute Gasteiger partial charge is 0.372 e. The second-order valence-corrected chi connectivity index (χ2v) is 5.47. The number of amides is 1. The van der Waals surface area contributed by atoms with Crippen LogP contribution in [0.2, 0.25) is 0 Å². The van der Waals surface area contributed by atoms with Crippen molar-refractivity contribution in [2.24, 2.45) is 0 Å². The van der Waals surface area contributed by atoms with E-state index in [1.807, 2.05) is 11.8 Å². The third-order valence-corrected chi connectivity index (χ3v) is 4.04. The number of halogens is 3. The Morgan fingerprint density at radius 2 is 1.96 bits per heavy atom. The molecule has 0 bridgehead atoms. The van der Waals surface area contributed by atoms with Crippen molar-refractivity contribution in [3.05, 3.63) is 35.1 Å². The second-order valence-electron chi connectivity index (χ2n) is 5.47. The second kappa shape index (κ2) is 7.79. The molecule has 1 heterocycles. The van der Waals surface area contributed by atoms with Gasteiger partial charge in [0.25, 0.3) is 0 Å². The summed E-state index contributed by atoms with van der Waals surface area (Å²) in [6.45, 7) is 5.42. The van der Waals surface area contributed by atoms with Crippen molar-refractivity contribution in [1.29, 1.82) is 0 Å². The Morgan fingerprint density at radius 3 is 2.52 bits per heavy atom. The number of nitrogens with zero attached hydrogens (tertiary/aromatic N) is 1. The van der Waals surface area contributed by atoms with Gasteiger partial charge in [-0.15, -0.1) is 0 Å². The van der Waals surface area contributed by atoms with E-state index in [-0.39, 0.29) is 18.6 Å². The maximum Gasteiger partial charge on any atom is 0.246 e. The van der Waals surface area contributed by atoms with Crippen LogP contribution in [0.1, 0.15) is 31.9 Å². The summed E-state index contributed by atoms with van der Waals surface area (Å²) in [7, 11) is 0. The van der Waals surface area contributed by atoms with Crippen LogP contribution in [0.5, 0.6) is 0 Å². The average Bonchev–Trinajstić information content (AvgIpc) is 2.92. The molecule has 0 aromatic heterocycles. The van der Waals surface area contributed by atoms with Crippen LogP contribution in [0.15, 0.2) is 12.1 Å². The smallest absolute Gasteiger partial charge is 0.246 e. The molecule has 4 nitrogen and oxygen atoms in total. The van der Waals surface area contributed by atoms with Gasteiger partial charge in [-0.2, -0.15) is 0 Å². The van der Waals surface area contributed by atoms with Crippen LogP contribution in [-0.2, 0) is 9.53 Å². The zero-order valence-corrected chi connectivity index (χ0v) is 13.2. The Morgan fingerprint density at radius 1 is 1.30 bits per heavy atom. The number of hydrogen-bond acceptors (Lipinski definition) is 3. The summed E-state index contributed by atoms with van der Waals surface area (Å²) in [5.74, 6) is -4.20. The van der Waals surface area contributed by atoms with Gasteiger partial charge in [0, 0.05) is 19.2 Å². The standard InChI is InChI=1S/C16H21F3N2O2/c1-3-21-6-5-13(20-14(22)9-23-4-2)16(21)10-7-11(17)15(19)12(18)8-10/h7-8,13,16H,3-6,9H2,1-2H3,(H,20,22)/t13-,16+/m1/s1. The molecule has 0 saturated carbocycles. The molecule has 128 valence electrons. The topological polar surface area (TPSA) is 41.6 Å². The van der Waals surface area contributed by atoms with E-state index in [0.717, 1.165) is 12.1 Å². The number of hydrogen-bond donors (Lipinski definition) is 1. The highest BCUT2D eigenvalue weighted by Gasteiger charge is 2.36. The summed E-state index contributed by atoms with van der Waals surface area (Å²) in [5, 5.41) is 2.84. The normalized spacial score (nSPS) is 21.6. The first-order valence-corrected chi connectivity index (χ1v) is 7.73. The molecule has 0 spiro atoms. The lowest BCUT2D eigenvalue weighted by molar-refractivity contribution is -0.126. The molecule has 1 fully saturated rings. The first-order valence-electron chi connectivity index (χ1n) is 7.73. The van der Waals surface area contributed by atoms with Gasteiger partial charge in [-0.05, 0) is 37.6 Å². The predicted molar refractivity (Wildman–Crippen MR) is 79.3 cm³/mol. The van der Waals surface area contributed by atoms with E-state index in [4.69, 9.17) is 4.74 Å². The summed E-state index contributed by atoms with van der Waals surface area (Å²) >= 11 is 0. The molecule has 0 unspecified atom stereocenters. The molecule has 1 aliphatic rings. The fraction of sp³-hybridized carbons (Fsp3) is 0.562. The van der Waals surface area contributed by atoms with E-state index in [0.29, 0.717) is 31.7 Å². The number of carbonyl (C=O) groups is 1. The number of likely N-dealkylation sites (tertiary alicyclic amines) is 1. The Bertz CT molecular complexity index is 545. The Kier molecular flexibility index (Phi) is 6.01. The highest BCUT2D eigenvalue weighted by atomic mass is 19.2. The van der Waals surface area contributed by atoms with E-state index < -0.39 is 23.5 Å². The minimum absolute atomic E-state index is 0.0576. The molecule has 23 heavy (non-hydrogen) atoms. The Balaban J connectivity index is 2.22. The molecular formula is C16H21F3N2O2. The third kappa shape index (κ3) is 4.03. The first-order chi connectivity index (χ1) is 11.0. The van der Waals surface area contributed by atoms with E-state index in [2.05, 4.69) is 5.32 Å². The number of ether oxygens (including phenoxy) is 1. The van der Waals surface area contributed by atoms with Gasteiger partial charge in [0.1, 0.15) is 6.61 Å². The Labute approximate surface area is 133 Å². The maximum atomic E-state index is 13.5. The predicted octanol–water partition coefficient (Wildman–Crippen LogP) is 2.39. The van der Waals surface area contributed by atoms with Crippen molar-refractivity contribution in [2.75, 3.05) is 26.3 Å². The van der Waals surface area contributed by atoms with Crippen molar-refractivity contribution in [3.63, 3.8) is 0 Å². The zero-order valence-electron chi connectivity index (χ0n) is 13.2. The van der Waals surface area contributed by atoms with Gasteiger partial charge >= 0.3 is 0 Å². The number of carbonyl (C=O) groups excluding carboxylic acids is 1. The molecule has 1 N–H and O–H groups in total. The van der Waals surface area contributed by atoms with Crippen molar-refractivity contribution in [3.8, 4) is 0 Å². The lowest BCUT2D eigenvalue weighted by Crippen LogP contribution is -2.41. The van der Waals surface area contributed by atoms with Crippen LogP contribution < -0.4 is 5.32 Å². The third-order valence-electron chi connectivity index (χ3n) is 4.04. The minimum atomic E-state index is -1.48. The number of rotatable bonds is 6. The van der Waals surface area contributed by atoms with Crippen LogP contribution in [0.25, 0.3) is 0 Å². The van der Waals surface area contributed by atoms with E-state index in [1.54, 1.807) is 6.92 Å². The van der Waals surface area contributed by atoms with E-state index in [1.165, 1.54) is 0 Å². The summed E-state index contributed by atoms with van der Waals surface area (Å²) < 4.78 is 45.3. The molecule has 7 heteroatoms. The van der Waals surface area contributed by atoms with Gasteiger partial charge in [0.2, 0.25) is 5.91 Å². The Hall–Kier alpha value is -1.60. The lowest BCUT2D eigenvalue weighted by Gasteiger charge is -2.28. The highest BCUT2D eigenvalue weighted by molar-refractivity contribution is 5.77. The van der Waals surface area contributed by atoms with Crippen LogP contribution in [0.4, 0.5) is 13.2 Å². The molecule has 1 aliphatic heterocycles. The van der Waals surface area contributed by atoms with Crippen molar-refractivity contribution >= 4 is 5.91 Å². The molecule has 0 aliphatic carbocycles. The van der Waals surface area contributed by atoms with Crippen LogP contribution in [-0.4, -0.2) is 43.2 Å². The molecule has 2 atom stereocenters. The summed E-state index contributed by atoms with van der Waals surface area (Å²) in [6, 6.07) is 1.31. The van der Waals surface area contributed by atoms with Gasteiger partial charge in [-0.3, -0.25) is 9.69 Å². The fourth-order valence-electron chi connectivity index (χ4n) is 2.99. The van der Waals surface area contributed by atoms with E-state index in [9.17, 15) is 18.0 Å². The summed E-state index contributed by atoms with van der Waals surface area (Å²) in [5.41, 5.74) is 0.322. The molecule has 0 radical (unpaired) electrons. The van der Waals surface area contributed by atoms with Gasteiger partial charge in [-0.1, -0.05) is 6.92 Å². The summed E-state index contributed by atoms with van der Waals surface area (Å²) in [6.07, 6.45) is 0.650. The molecule has 1 aromatic rings. The number of benzene rings is 1. The van der Waals surface area contributed by atoms with Crippen molar-refractivity contribution in [2.45, 2.75) is 32.4 Å². The zero-order chi connectivity index (χ0) is 17.0. The van der Waals surface area contributed by atoms with Crippen LogP contribution >= 0.6 is 0 Å². The number of nitrogens with one attached hydrogen (secondary N) is 1. The fourth-order valence-corrected chi connectivity index (χ4v) is 2.99. The minimum Gasteiger partial charge on any atom is -0.372 e. The molecular weight excluding hydrogens is 309 g/mol. The van der Waals surface area contributed by atoms with Crippen molar-refractivity contribution < 1.29 is 22.7 Å². The van der Waals surface area contributed by atoms with Gasteiger partial charge in [-0.25, -0.2) is 13.2 Å². The molecule has 1 amide bonds. The highest BCUT2D eigenvalue weighted by Crippen LogP contribution is 2.33. The first kappa shape index (κ1) is 17.7. The lowest BCUT2D eigenvalue weighted by atomic mass is 9.99. The molecule has 1 aromatic carbocycles. The molecule has 2 rings (SSSR count). The number of likely N-dealkylation sites (N-methyl/N-ethyl adjacent to an activating group) is 1. The van der Waals surface area contributed by atoms with Crippen molar-refractivity contribution in [1.82, 2.24) is 10.2 Å². The van der Waals surface area contributed by atoms with Crippen LogP contribution in [0.3, 0.4) is 0 Å². The quantitative estimate of drug-likeness (QED) is 0.815. The van der Waals surface area contributed by atoms with Crippen LogP contribution in [0, 0.1) is 17.5 Å². The van der Waals surface area contributed by atoms with Gasteiger partial charge < -0.3 is 10.1 Å². The van der Waals surface area contributed by atoms with Gasteiger partial charge in [0.05, 0.1) is 6.04 Å². The average molecular weight is 330 g/mol. The SMILES string of the molecule is CCOCC(=O)N[C@@H]1CCN(CC)[C@H]1c1cc(F)c(F)c(F)c1. The monoisotopic (exact) mass is 330 g/mol. The summed E-state index contributed by atoms with van der Waals surface area (Å²) in [4.78, 5) is 13.9. The maximum absolute atomic E-state index is 13.5. The van der Waals surface area contributed by atoms with E-state index >= 15 is 0 Å². The van der Waals surface area contributed by atoms with Gasteiger partial charge in [0.15, 0.2) is 17.5 Å².